The molecule has 0 aliphatic carbocycles. The quantitative estimate of drug-likeness (QED) is 0.774. The molecule has 2 fully saturated rings. The summed E-state index contributed by atoms with van der Waals surface area (Å²) in [5, 5.41) is 3.73. The highest BCUT2D eigenvalue weighted by Gasteiger charge is 2.21. The number of likely N-dealkylation sites (N-methyl/N-ethyl adjacent to an activating group) is 1. The molecular formula is C13H27N3. The second-order valence-electron chi connectivity index (χ2n) is 5.60. The van der Waals surface area contributed by atoms with Crippen LogP contribution in [0.2, 0.25) is 0 Å². The van der Waals surface area contributed by atoms with Gasteiger partial charge >= 0.3 is 0 Å². The molecule has 2 unspecified atom stereocenters. The third-order valence-corrected chi connectivity index (χ3v) is 4.11. The first kappa shape index (κ1) is 12.3. The van der Waals surface area contributed by atoms with Crippen molar-refractivity contribution < 1.29 is 0 Å². The van der Waals surface area contributed by atoms with E-state index < -0.39 is 0 Å². The van der Waals surface area contributed by atoms with E-state index in [4.69, 9.17) is 0 Å². The molecule has 2 rings (SSSR count). The minimum Gasteiger partial charge on any atom is -0.311 e. The summed E-state index contributed by atoms with van der Waals surface area (Å²) in [6.07, 6.45) is 5.56. The van der Waals surface area contributed by atoms with Crippen molar-refractivity contribution in [3.63, 3.8) is 0 Å². The summed E-state index contributed by atoms with van der Waals surface area (Å²) in [5.74, 6) is 0. The molecule has 3 nitrogen and oxygen atoms in total. The standard InChI is InChI=1S/C13H27N3/c1-12(16-7-4-3-5-8-16)10-14-13-6-9-15(2)11-13/h12-14H,3-11H2,1-2H3. The van der Waals surface area contributed by atoms with Gasteiger partial charge in [0.15, 0.2) is 0 Å². The van der Waals surface area contributed by atoms with Crippen molar-refractivity contribution in [3.8, 4) is 0 Å². The van der Waals surface area contributed by atoms with Gasteiger partial charge in [-0.05, 0) is 52.9 Å². The normalized spacial score (nSPS) is 30.8. The molecule has 1 N–H and O–H groups in total. The molecule has 94 valence electrons. The molecule has 0 aromatic carbocycles. The number of likely N-dealkylation sites (tertiary alicyclic amines) is 2. The van der Waals surface area contributed by atoms with Gasteiger partial charge in [0.05, 0.1) is 0 Å². The maximum atomic E-state index is 3.73. The van der Waals surface area contributed by atoms with Crippen molar-refractivity contribution in [1.29, 1.82) is 0 Å². The Kier molecular flexibility index (Phi) is 4.62. The first-order chi connectivity index (χ1) is 7.75. The van der Waals surface area contributed by atoms with Crippen LogP contribution in [0.15, 0.2) is 0 Å². The van der Waals surface area contributed by atoms with Gasteiger partial charge < -0.3 is 10.2 Å². The van der Waals surface area contributed by atoms with Gasteiger partial charge in [0, 0.05) is 25.2 Å². The van der Waals surface area contributed by atoms with Gasteiger partial charge in [0.25, 0.3) is 0 Å². The molecule has 2 saturated heterocycles. The van der Waals surface area contributed by atoms with Crippen molar-refractivity contribution in [2.75, 3.05) is 39.8 Å². The van der Waals surface area contributed by atoms with Gasteiger partial charge in [-0.25, -0.2) is 0 Å². The molecule has 16 heavy (non-hydrogen) atoms. The molecule has 2 aliphatic rings. The van der Waals surface area contributed by atoms with Crippen molar-refractivity contribution in [2.45, 2.75) is 44.7 Å². The average molecular weight is 225 g/mol. The van der Waals surface area contributed by atoms with Crippen molar-refractivity contribution in [1.82, 2.24) is 15.1 Å². The number of hydrogen-bond donors (Lipinski definition) is 1. The fourth-order valence-corrected chi connectivity index (χ4v) is 2.93. The summed E-state index contributed by atoms with van der Waals surface area (Å²) >= 11 is 0. The van der Waals surface area contributed by atoms with Crippen LogP contribution in [0, 0.1) is 0 Å². The fraction of sp³-hybridized carbons (Fsp3) is 1.00. The van der Waals surface area contributed by atoms with Crippen molar-refractivity contribution >= 4 is 0 Å². The summed E-state index contributed by atoms with van der Waals surface area (Å²) in [5.41, 5.74) is 0. The molecule has 0 radical (unpaired) electrons. The predicted molar refractivity (Wildman–Crippen MR) is 68.8 cm³/mol. The minimum atomic E-state index is 0.714. The molecule has 0 saturated carbocycles. The lowest BCUT2D eigenvalue weighted by molar-refractivity contribution is 0.168. The Labute approximate surface area is 100 Å². The Balaban J connectivity index is 1.64. The fourth-order valence-electron chi connectivity index (χ4n) is 2.93. The van der Waals surface area contributed by atoms with E-state index in [0.29, 0.717) is 6.04 Å². The molecule has 0 aromatic rings. The van der Waals surface area contributed by atoms with Gasteiger partial charge in [-0.3, -0.25) is 4.90 Å². The molecule has 0 amide bonds. The van der Waals surface area contributed by atoms with Gasteiger partial charge in [0.2, 0.25) is 0 Å². The lowest BCUT2D eigenvalue weighted by Gasteiger charge is -2.33. The molecular weight excluding hydrogens is 198 g/mol. The van der Waals surface area contributed by atoms with E-state index in [2.05, 4.69) is 29.1 Å². The number of rotatable bonds is 4. The summed E-state index contributed by atoms with van der Waals surface area (Å²) in [6.45, 7) is 8.65. The Hall–Kier alpha value is -0.120. The second-order valence-corrected chi connectivity index (χ2v) is 5.60. The van der Waals surface area contributed by atoms with Crippen LogP contribution in [0.4, 0.5) is 0 Å². The molecule has 2 aliphatic heterocycles. The maximum absolute atomic E-state index is 3.73. The van der Waals surface area contributed by atoms with Crippen LogP contribution in [0.5, 0.6) is 0 Å². The van der Waals surface area contributed by atoms with Crippen LogP contribution in [-0.4, -0.2) is 61.7 Å². The Morgan fingerprint density at radius 3 is 2.56 bits per heavy atom. The van der Waals surface area contributed by atoms with Crippen LogP contribution < -0.4 is 5.32 Å². The van der Waals surface area contributed by atoms with E-state index in [-0.39, 0.29) is 0 Å². The van der Waals surface area contributed by atoms with E-state index in [1.165, 1.54) is 58.4 Å². The zero-order chi connectivity index (χ0) is 11.4. The predicted octanol–water partition coefficient (Wildman–Crippen LogP) is 1.15. The number of hydrogen-bond acceptors (Lipinski definition) is 3. The zero-order valence-corrected chi connectivity index (χ0v) is 10.9. The first-order valence-electron chi connectivity index (χ1n) is 6.91. The molecule has 2 heterocycles. The molecule has 0 aromatic heterocycles. The van der Waals surface area contributed by atoms with Gasteiger partial charge in [-0.2, -0.15) is 0 Å². The van der Waals surface area contributed by atoms with Crippen LogP contribution in [-0.2, 0) is 0 Å². The van der Waals surface area contributed by atoms with Crippen molar-refractivity contribution in [3.05, 3.63) is 0 Å². The van der Waals surface area contributed by atoms with E-state index >= 15 is 0 Å². The van der Waals surface area contributed by atoms with Crippen LogP contribution in [0.25, 0.3) is 0 Å². The number of nitrogens with one attached hydrogen (secondary N) is 1. The molecule has 0 bridgehead atoms. The summed E-state index contributed by atoms with van der Waals surface area (Å²) in [4.78, 5) is 5.07. The Morgan fingerprint density at radius 2 is 1.94 bits per heavy atom. The van der Waals surface area contributed by atoms with E-state index in [1.807, 2.05) is 0 Å². The second kappa shape index (κ2) is 5.99. The zero-order valence-electron chi connectivity index (χ0n) is 10.9. The SMILES string of the molecule is CC(CNC1CCN(C)C1)N1CCCCC1. The van der Waals surface area contributed by atoms with E-state index in [9.17, 15) is 0 Å². The van der Waals surface area contributed by atoms with Crippen LogP contribution in [0.3, 0.4) is 0 Å². The highest BCUT2D eigenvalue weighted by molar-refractivity contribution is 4.81. The largest absolute Gasteiger partial charge is 0.311 e. The van der Waals surface area contributed by atoms with Gasteiger partial charge in [-0.1, -0.05) is 6.42 Å². The average Bonchev–Trinajstić information content (AvgIpc) is 2.73. The van der Waals surface area contributed by atoms with Crippen LogP contribution >= 0.6 is 0 Å². The third-order valence-electron chi connectivity index (χ3n) is 4.11. The topological polar surface area (TPSA) is 18.5 Å². The molecule has 2 atom stereocenters. The third kappa shape index (κ3) is 3.44. The van der Waals surface area contributed by atoms with Crippen molar-refractivity contribution in [2.24, 2.45) is 0 Å². The maximum Gasteiger partial charge on any atom is 0.0207 e. The highest BCUT2D eigenvalue weighted by atomic mass is 15.2. The smallest absolute Gasteiger partial charge is 0.0207 e. The minimum absolute atomic E-state index is 0.714. The lowest BCUT2D eigenvalue weighted by Crippen LogP contribution is -2.45. The summed E-state index contributed by atoms with van der Waals surface area (Å²) in [7, 11) is 2.22. The summed E-state index contributed by atoms with van der Waals surface area (Å²) in [6, 6.07) is 1.45. The molecule has 0 spiro atoms. The highest BCUT2D eigenvalue weighted by Crippen LogP contribution is 2.12. The van der Waals surface area contributed by atoms with Gasteiger partial charge in [-0.15, -0.1) is 0 Å². The first-order valence-corrected chi connectivity index (χ1v) is 6.91. The van der Waals surface area contributed by atoms with E-state index in [0.717, 1.165) is 6.04 Å². The van der Waals surface area contributed by atoms with Gasteiger partial charge in [0.1, 0.15) is 0 Å². The monoisotopic (exact) mass is 225 g/mol. The summed E-state index contributed by atoms with van der Waals surface area (Å²) < 4.78 is 0. The Bertz CT molecular complexity index is 201. The number of nitrogens with zero attached hydrogens (tertiary/aromatic N) is 2. The van der Waals surface area contributed by atoms with Crippen LogP contribution in [0.1, 0.15) is 32.6 Å². The number of piperidine rings is 1. The molecule has 3 heteroatoms. The van der Waals surface area contributed by atoms with E-state index in [1.54, 1.807) is 0 Å². The lowest BCUT2D eigenvalue weighted by atomic mass is 10.1. The Morgan fingerprint density at radius 1 is 1.19 bits per heavy atom.